The molecule has 0 saturated carbocycles. The lowest BCUT2D eigenvalue weighted by molar-refractivity contribution is -0.0332. The fourth-order valence-electron chi connectivity index (χ4n) is 2.37. The summed E-state index contributed by atoms with van der Waals surface area (Å²) in [6, 6.07) is 5.62. The zero-order chi connectivity index (χ0) is 13.1. The second-order valence-corrected chi connectivity index (χ2v) is 5.44. The van der Waals surface area contributed by atoms with E-state index in [1.165, 1.54) is 0 Å². The summed E-state index contributed by atoms with van der Waals surface area (Å²) >= 11 is 12.3. The lowest BCUT2D eigenvalue weighted by atomic mass is 10.0. The van der Waals surface area contributed by atoms with Crippen LogP contribution in [-0.4, -0.2) is 37.2 Å². The number of rotatable bonds is 3. The van der Waals surface area contributed by atoms with Crippen molar-refractivity contribution in [1.82, 2.24) is 4.90 Å². The summed E-state index contributed by atoms with van der Waals surface area (Å²) in [6.45, 7) is 5.06. The smallest absolute Gasteiger partial charge is 0.0674 e. The van der Waals surface area contributed by atoms with Crippen molar-refractivity contribution in [1.29, 1.82) is 0 Å². The molecule has 1 aromatic carbocycles. The van der Waals surface area contributed by atoms with Crippen LogP contribution in [0.5, 0.6) is 0 Å². The Morgan fingerprint density at radius 2 is 2.28 bits per heavy atom. The van der Waals surface area contributed by atoms with Gasteiger partial charge in [-0.25, -0.2) is 0 Å². The Morgan fingerprint density at radius 3 is 2.94 bits per heavy atom. The minimum absolute atomic E-state index is 0.0996. The van der Waals surface area contributed by atoms with Crippen LogP contribution in [0.4, 0.5) is 0 Å². The van der Waals surface area contributed by atoms with Crippen molar-refractivity contribution in [2.24, 2.45) is 5.73 Å². The van der Waals surface area contributed by atoms with E-state index in [4.69, 9.17) is 33.7 Å². The number of nitrogens with two attached hydrogens (primary N) is 1. The maximum atomic E-state index is 6.25. The summed E-state index contributed by atoms with van der Waals surface area (Å²) in [4.78, 5) is 2.31. The lowest BCUT2D eigenvalue weighted by Crippen LogP contribution is -2.45. The van der Waals surface area contributed by atoms with E-state index in [2.05, 4.69) is 11.8 Å². The zero-order valence-corrected chi connectivity index (χ0v) is 11.9. The number of benzene rings is 1. The first-order chi connectivity index (χ1) is 8.61. The number of morpholine rings is 1. The van der Waals surface area contributed by atoms with Crippen molar-refractivity contribution >= 4 is 23.2 Å². The summed E-state index contributed by atoms with van der Waals surface area (Å²) in [7, 11) is 0. The van der Waals surface area contributed by atoms with Gasteiger partial charge in [-0.15, -0.1) is 0 Å². The summed E-state index contributed by atoms with van der Waals surface area (Å²) in [5, 5.41) is 1.41. The van der Waals surface area contributed by atoms with Gasteiger partial charge in [0.2, 0.25) is 0 Å². The Kier molecular flexibility index (Phi) is 4.87. The molecule has 1 saturated heterocycles. The van der Waals surface area contributed by atoms with Crippen LogP contribution in [-0.2, 0) is 4.74 Å². The average molecular weight is 289 g/mol. The third kappa shape index (κ3) is 3.16. The van der Waals surface area contributed by atoms with Crippen molar-refractivity contribution in [3.63, 3.8) is 0 Å². The lowest BCUT2D eigenvalue weighted by Gasteiger charge is -2.37. The van der Waals surface area contributed by atoms with Crippen molar-refractivity contribution in [2.75, 3.05) is 26.2 Å². The summed E-state index contributed by atoms with van der Waals surface area (Å²) in [5.41, 5.74) is 6.92. The van der Waals surface area contributed by atoms with E-state index in [0.717, 1.165) is 25.3 Å². The van der Waals surface area contributed by atoms with Crippen LogP contribution in [0.1, 0.15) is 18.5 Å². The summed E-state index contributed by atoms with van der Waals surface area (Å²) in [5.74, 6) is 0. The molecule has 2 atom stereocenters. The maximum Gasteiger partial charge on any atom is 0.0674 e. The molecule has 18 heavy (non-hydrogen) atoms. The van der Waals surface area contributed by atoms with Gasteiger partial charge in [0, 0.05) is 35.7 Å². The molecule has 100 valence electrons. The number of nitrogens with zero attached hydrogens (tertiary/aromatic N) is 1. The first kappa shape index (κ1) is 14.1. The largest absolute Gasteiger partial charge is 0.376 e. The quantitative estimate of drug-likeness (QED) is 0.930. The van der Waals surface area contributed by atoms with Crippen LogP contribution < -0.4 is 5.73 Å². The molecule has 1 aromatic rings. The molecule has 0 amide bonds. The van der Waals surface area contributed by atoms with Crippen LogP contribution in [0, 0.1) is 0 Å². The molecule has 0 aliphatic carbocycles. The maximum absolute atomic E-state index is 6.25. The Balaban J connectivity index is 2.24. The molecule has 0 spiro atoms. The van der Waals surface area contributed by atoms with Crippen LogP contribution >= 0.6 is 23.2 Å². The van der Waals surface area contributed by atoms with Gasteiger partial charge in [-0.3, -0.25) is 4.90 Å². The molecule has 0 radical (unpaired) electrons. The van der Waals surface area contributed by atoms with E-state index in [1.807, 2.05) is 12.1 Å². The van der Waals surface area contributed by atoms with E-state index >= 15 is 0 Å². The number of ether oxygens (including phenoxy) is 1. The van der Waals surface area contributed by atoms with Crippen LogP contribution in [0.15, 0.2) is 18.2 Å². The predicted octanol–water partition coefficient (Wildman–Crippen LogP) is 2.71. The molecule has 1 heterocycles. The molecule has 2 rings (SSSR count). The topological polar surface area (TPSA) is 38.5 Å². The predicted molar refractivity (Wildman–Crippen MR) is 75.2 cm³/mol. The van der Waals surface area contributed by atoms with Gasteiger partial charge in [0.1, 0.15) is 0 Å². The second-order valence-electron chi connectivity index (χ2n) is 4.59. The highest BCUT2D eigenvalue weighted by Gasteiger charge is 2.26. The highest BCUT2D eigenvalue weighted by Crippen LogP contribution is 2.30. The first-order valence-corrected chi connectivity index (χ1v) is 6.88. The molecule has 3 nitrogen and oxygen atoms in total. The van der Waals surface area contributed by atoms with Gasteiger partial charge in [-0.2, -0.15) is 0 Å². The molecule has 1 aliphatic heterocycles. The van der Waals surface area contributed by atoms with Gasteiger partial charge < -0.3 is 10.5 Å². The highest BCUT2D eigenvalue weighted by atomic mass is 35.5. The molecule has 0 bridgehead atoms. The Morgan fingerprint density at radius 1 is 1.50 bits per heavy atom. The van der Waals surface area contributed by atoms with Gasteiger partial charge in [0.05, 0.1) is 12.7 Å². The number of hydrogen-bond acceptors (Lipinski definition) is 3. The minimum atomic E-state index is 0.0996. The SMILES string of the molecule is CC1CN(C(CN)c2cc(Cl)ccc2Cl)CCO1. The molecule has 2 N–H and O–H groups in total. The van der Waals surface area contributed by atoms with E-state index in [9.17, 15) is 0 Å². The van der Waals surface area contributed by atoms with Crippen LogP contribution in [0.2, 0.25) is 10.0 Å². The van der Waals surface area contributed by atoms with Gasteiger partial charge in [0.15, 0.2) is 0 Å². The van der Waals surface area contributed by atoms with E-state index in [1.54, 1.807) is 6.07 Å². The molecular weight excluding hydrogens is 271 g/mol. The van der Waals surface area contributed by atoms with Crippen molar-refractivity contribution < 1.29 is 4.74 Å². The highest BCUT2D eigenvalue weighted by molar-refractivity contribution is 6.33. The second kappa shape index (κ2) is 6.22. The average Bonchev–Trinajstić information content (AvgIpc) is 2.35. The summed E-state index contributed by atoms with van der Waals surface area (Å²) in [6.07, 6.45) is 0.228. The molecule has 0 aromatic heterocycles. The number of halogens is 2. The third-order valence-corrected chi connectivity index (χ3v) is 3.83. The van der Waals surface area contributed by atoms with E-state index in [-0.39, 0.29) is 12.1 Å². The van der Waals surface area contributed by atoms with E-state index in [0.29, 0.717) is 16.6 Å². The fraction of sp³-hybridized carbons (Fsp3) is 0.538. The van der Waals surface area contributed by atoms with Crippen molar-refractivity contribution in [2.45, 2.75) is 19.1 Å². The van der Waals surface area contributed by atoms with Crippen molar-refractivity contribution in [3.8, 4) is 0 Å². The minimum Gasteiger partial charge on any atom is -0.376 e. The Hall–Kier alpha value is -0.320. The molecule has 1 fully saturated rings. The Labute approximate surface area is 118 Å². The molecule has 5 heteroatoms. The van der Waals surface area contributed by atoms with Gasteiger partial charge in [0.25, 0.3) is 0 Å². The van der Waals surface area contributed by atoms with Crippen molar-refractivity contribution in [3.05, 3.63) is 33.8 Å². The van der Waals surface area contributed by atoms with Gasteiger partial charge in [-0.05, 0) is 30.7 Å². The van der Waals surface area contributed by atoms with E-state index < -0.39 is 0 Å². The molecule has 1 aliphatic rings. The third-order valence-electron chi connectivity index (χ3n) is 3.25. The molecular formula is C13H18Cl2N2O. The Bertz CT molecular complexity index is 414. The first-order valence-electron chi connectivity index (χ1n) is 6.12. The molecule has 2 unspecified atom stereocenters. The zero-order valence-electron chi connectivity index (χ0n) is 10.4. The van der Waals surface area contributed by atoms with Crippen LogP contribution in [0.25, 0.3) is 0 Å². The standard InChI is InChI=1S/C13H18Cl2N2O/c1-9-8-17(4-5-18-9)13(7-16)11-6-10(14)2-3-12(11)15/h2-3,6,9,13H,4-5,7-8,16H2,1H3. The summed E-state index contributed by atoms with van der Waals surface area (Å²) < 4.78 is 5.55. The van der Waals surface area contributed by atoms with Gasteiger partial charge >= 0.3 is 0 Å². The normalized spacial score (nSPS) is 23.0. The van der Waals surface area contributed by atoms with Crippen LogP contribution in [0.3, 0.4) is 0 Å². The number of hydrogen-bond donors (Lipinski definition) is 1. The fourth-order valence-corrected chi connectivity index (χ4v) is 2.80. The van der Waals surface area contributed by atoms with Gasteiger partial charge in [-0.1, -0.05) is 23.2 Å². The monoisotopic (exact) mass is 288 g/mol.